The van der Waals surface area contributed by atoms with E-state index in [4.69, 9.17) is 0 Å². The highest BCUT2D eigenvalue weighted by atomic mass is 16.2. The molecule has 1 aromatic carbocycles. The number of rotatable bonds is 8. The van der Waals surface area contributed by atoms with Crippen molar-refractivity contribution in [1.29, 1.82) is 0 Å². The number of carbonyl (C=O) groups is 2. The van der Waals surface area contributed by atoms with E-state index >= 15 is 0 Å². The molecule has 21 heavy (non-hydrogen) atoms. The molecule has 0 aliphatic rings. The van der Waals surface area contributed by atoms with Gasteiger partial charge in [0.2, 0.25) is 11.8 Å². The van der Waals surface area contributed by atoms with Crippen molar-refractivity contribution in [2.75, 3.05) is 13.1 Å². The summed E-state index contributed by atoms with van der Waals surface area (Å²) in [4.78, 5) is 25.1. The molecule has 0 bridgehead atoms. The van der Waals surface area contributed by atoms with Gasteiger partial charge in [-0.15, -0.1) is 0 Å². The second-order valence-electron chi connectivity index (χ2n) is 5.41. The maximum Gasteiger partial charge on any atom is 0.239 e. The Hall–Kier alpha value is -1.84. The first-order valence-electron chi connectivity index (χ1n) is 7.60. The number of hydrogen-bond acceptors (Lipinski definition) is 2. The summed E-state index contributed by atoms with van der Waals surface area (Å²) in [5.41, 5.74) is 2.26. The standard InChI is InChI=1S/C17H26N2O2/c1-4-5-6-11-19(15(3)20)13-17(21)18-12-16-9-7-14(2)8-10-16/h7-10H,4-6,11-13H2,1-3H3,(H,18,21). The maximum atomic E-state index is 11.9. The van der Waals surface area contributed by atoms with E-state index in [0.29, 0.717) is 13.1 Å². The van der Waals surface area contributed by atoms with Crippen molar-refractivity contribution < 1.29 is 9.59 Å². The Morgan fingerprint density at radius 1 is 1.14 bits per heavy atom. The first-order chi connectivity index (χ1) is 10.0. The quantitative estimate of drug-likeness (QED) is 0.748. The molecule has 0 radical (unpaired) electrons. The van der Waals surface area contributed by atoms with Gasteiger partial charge < -0.3 is 10.2 Å². The highest BCUT2D eigenvalue weighted by Gasteiger charge is 2.12. The van der Waals surface area contributed by atoms with Crippen LogP contribution in [0.25, 0.3) is 0 Å². The number of carbonyl (C=O) groups excluding carboxylic acids is 2. The number of amides is 2. The van der Waals surface area contributed by atoms with Gasteiger partial charge in [0.15, 0.2) is 0 Å². The van der Waals surface area contributed by atoms with E-state index in [0.717, 1.165) is 24.8 Å². The molecule has 0 heterocycles. The molecule has 0 aromatic heterocycles. The minimum atomic E-state index is -0.109. The van der Waals surface area contributed by atoms with Crippen LogP contribution in [0.3, 0.4) is 0 Å². The molecule has 1 aromatic rings. The molecule has 4 nitrogen and oxygen atoms in total. The Labute approximate surface area is 127 Å². The van der Waals surface area contributed by atoms with Crippen LogP contribution < -0.4 is 5.32 Å². The molecule has 1 N–H and O–H groups in total. The highest BCUT2D eigenvalue weighted by molar-refractivity contribution is 5.83. The zero-order chi connectivity index (χ0) is 15.7. The largest absolute Gasteiger partial charge is 0.350 e. The third-order valence-electron chi connectivity index (χ3n) is 3.42. The zero-order valence-electron chi connectivity index (χ0n) is 13.3. The molecule has 0 spiro atoms. The zero-order valence-corrected chi connectivity index (χ0v) is 13.3. The smallest absolute Gasteiger partial charge is 0.239 e. The fourth-order valence-corrected chi connectivity index (χ4v) is 2.04. The summed E-state index contributed by atoms with van der Waals surface area (Å²) >= 11 is 0. The first-order valence-corrected chi connectivity index (χ1v) is 7.60. The van der Waals surface area contributed by atoms with E-state index in [1.807, 2.05) is 31.2 Å². The van der Waals surface area contributed by atoms with Gasteiger partial charge in [0.25, 0.3) is 0 Å². The van der Waals surface area contributed by atoms with Gasteiger partial charge in [-0.25, -0.2) is 0 Å². The van der Waals surface area contributed by atoms with E-state index in [2.05, 4.69) is 12.2 Å². The van der Waals surface area contributed by atoms with Crippen LogP contribution in [-0.4, -0.2) is 29.8 Å². The molecular weight excluding hydrogens is 264 g/mol. The van der Waals surface area contributed by atoms with Crippen molar-refractivity contribution >= 4 is 11.8 Å². The number of benzene rings is 1. The summed E-state index contributed by atoms with van der Waals surface area (Å²) < 4.78 is 0. The van der Waals surface area contributed by atoms with Crippen LogP contribution in [0.4, 0.5) is 0 Å². The summed E-state index contributed by atoms with van der Waals surface area (Å²) in [6.45, 7) is 6.96. The lowest BCUT2D eigenvalue weighted by molar-refractivity contribution is -0.134. The highest BCUT2D eigenvalue weighted by Crippen LogP contribution is 2.03. The first kappa shape index (κ1) is 17.2. The Kier molecular flexibility index (Phi) is 7.51. The number of unbranched alkanes of at least 4 members (excludes halogenated alkanes) is 2. The van der Waals surface area contributed by atoms with E-state index in [1.54, 1.807) is 4.90 Å². The number of nitrogens with one attached hydrogen (secondary N) is 1. The van der Waals surface area contributed by atoms with Gasteiger partial charge in [0.05, 0.1) is 6.54 Å². The minimum Gasteiger partial charge on any atom is -0.350 e. The predicted molar refractivity (Wildman–Crippen MR) is 84.8 cm³/mol. The topological polar surface area (TPSA) is 49.4 Å². The van der Waals surface area contributed by atoms with Crippen LogP contribution in [0.2, 0.25) is 0 Å². The van der Waals surface area contributed by atoms with Crippen LogP contribution in [0.1, 0.15) is 44.2 Å². The molecule has 1 rings (SSSR count). The van der Waals surface area contributed by atoms with Gasteiger partial charge in [-0.1, -0.05) is 49.6 Å². The van der Waals surface area contributed by atoms with Gasteiger partial charge in [-0.2, -0.15) is 0 Å². The van der Waals surface area contributed by atoms with Gasteiger partial charge in [-0.05, 0) is 18.9 Å². The molecule has 0 atom stereocenters. The Morgan fingerprint density at radius 3 is 2.38 bits per heavy atom. The fourth-order valence-electron chi connectivity index (χ4n) is 2.04. The molecular formula is C17H26N2O2. The van der Waals surface area contributed by atoms with Crippen molar-refractivity contribution in [2.45, 2.75) is 46.6 Å². The van der Waals surface area contributed by atoms with Crippen LogP contribution in [0.15, 0.2) is 24.3 Å². The summed E-state index contributed by atoms with van der Waals surface area (Å²) in [5, 5.41) is 2.86. The molecule has 4 heteroatoms. The number of aryl methyl sites for hydroxylation is 1. The lowest BCUT2D eigenvalue weighted by atomic mass is 10.1. The van der Waals surface area contributed by atoms with Gasteiger partial charge in [0, 0.05) is 20.0 Å². The van der Waals surface area contributed by atoms with E-state index < -0.39 is 0 Å². The predicted octanol–water partition coefficient (Wildman–Crippen LogP) is 2.65. The van der Waals surface area contributed by atoms with E-state index in [-0.39, 0.29) is 18.4 Å². The molecule has 0 saturated carbocycles. The minimum absolute atomic E-state index is 0.0448. The van der Waals surface area contributed by atoms with Crippen LogP contribution in [0, 0.1) is 6.92 Å². The lowest BCUT2D eigenvalue weighted by Crippen LogP contribution is -2.40. The molecule has 116 valence electrons. The summed E-state index contributed by atoms with van der Waals surface area (Å²) in [7, 11) is 0. The van der Waals surface area contributed by atoms with Gasteiger partial charge in [-0.3, -0.25) is 9.59 Å². The third kappa shape index (κ3) is 6.93. The molecule has 0 unspecified atom stereocenters. The van der Waals surface area contributed by atoms with Crippen molar-refractivity contribution in [2.24, 2.45) is 0 Å². The van der Waals surface area contributed by atoms with Crippen molar-refractivity contribution in [3.05, 3.63) is 35.4 Å². The summed E-state index contributed by atoms with van der Waals surface area (Å²) in [5.74, 6) is -0.154. The van der Waals surface area contributed by atoms with E-state index in [1.165, 1.54) is 12.5 Å². The third-order valence-corrected chi connectivity index (χ3v) is 3.42. The van der Waals surface area contributed by atoms with Crippen LogP contribution in [-0.2, 0) is 16.1 Å². The number of nitrogens with zero attached hydrogens (tertiary/aromatic N) is 1. The average molecular weight is 290 g/mol. The number of hydrogen-bond donors (Lipinski definition) is 1. The van der Waals surface area contributed by atoms with Gasteiger partial charge in [0.1, 0.15) is 0 Å². The maximum absolute atomic E-state index is 11.9. The summed E-state index contributed by atoms with van der Waals surface area (Å²) in [6.07, 6.45) is 3.13. The van der Waals surface area contributed by atoms with Crippen molar-refractivity contribution in [3.8, 4) is 0 Å². The second kappa shape index (κ2) is 9.16. The molecule has 0 fully saturated rings. The normalized spacial score (nSPS) is 10.2. The molecule has 0 saturated heterocycles. The fraction of sp³-hybridized carbons (Fsp3) is 0.529. The average Bonchev–Trinajstić information content (AvgIpc) is 2.45. The SMILES string of the molecule is CCCCCN(CC(=O)NCc1ccc(C)cc1)C(C)=O. The molecule has 0 aliphatic heterocycles. The van der Waals surface area contributed by atoms with Crippen molar-refractivity contribution in [3.63, 3.8) is 0 Å². The Morgan fingerprint density at radius 2 is 1.81 bits per heavy atom. The summed E-state index contributed by atoms with van der Waals surface area (Å²) in [6, 6.07) is 8.04. The van der Waals surface area contributed by atoms with E-state index in [9.17, 15) is 9.59 Å². The molecule has 2 amide bonds. The monoisotopic (exact) mass is 290 g/mol. The second-order valence-corrected chi connectivity index (χ2v) is 5.41. The molecule has 0 aliphatic carbocycles. The van der Waals surface area contributed by atoms with Gasteiger partial charge >= 0.3 is 0 Å². The van der Waals surface area contributed by atoms with Crippen LogP contribution in [0.5, 0.6) is 0 Å². The lowest BCUT2D eigenvalue weighted by Gasteiger charge is -2.20. The van der Waals surface area contributed by atoms with Crippen molar-refractivity contribution in [1.82, 2.24) is 10.2 Å². The Bertz CT molecular complexity index is 454. The Balaban J connectivity index is 2.39. The van der Waals surface area contributed by atoms with Crippen LogP contribution >= 0.6 is 0 Å².